The molecule has 3 aromatic carbocycles. The predicted octanol–water partition coefficient (Wildman–Crippen LogP) is 4.93. The van der Waals surface area contributed by atoms with Gasteiger partial charge in [0.25, 0.3) is 0 Å². The Bertz CT molecular complexity index is 1350. The molecule has 0 N–H and O–H groups in total. The van der Waals surface area contributed by atoms with Crippen molar-refractivity contribution in [2.75, 3.05) is 26.7 Å². The summed E-state index contributed by atoms with van der Waals surface area (Å²) in [7, 11) is -2.19. The van der Waals surface area contributed by atoms with Gasteiger partial charge in [-0.1, -0.05) is 42.0 Å². The SMILES string of the molecule is COc1cccc(COC(=O)CC2CN(S(=O)(=O)c3ccc(C)cc3)CCCCN2Cc2ccc(F)cc2)c1. The lowest BCUT2D eigenvalue weighted by Crippen LogP contribution is -2.49. The average molecular weight is 555 g/mol. The van der Waals surface area contributed by atoms with E-state index in [1.165, 1.54) is 16.4 Å². The van der Waals surface area contributed by atoms with Crippen molar-refractivity contribution in [1.29, 1.82) is 0 Å². The van der Waals surface area contributed by atoms with Gasteiger partial charge in [0.1, 0.15) is 18.2 Å². The van der Waals surface area contributed by atoms with Gasteiger partial charge in [-0.05, 0) is 73.8 Å². The minimum Gasteiger partial charge on any atom is -0.497 e. The maximum atomic E-state index is 13.6. The first kappa shape index (κ1) is 28.7. The molecule has 0 saturated carbocycles. The Morgan fingerprint density at radius 2 is 1.69 bits per heavy atom. The number of sulfonamides is 1. The molecule has 0 amide bonds. The highest BCUT2D eigenvalue weighted by molar-refractivity contribution is 7.89. The van der Waals surface area contributed by atoms with Crippen LogP contribution in [-0.2, 0) is 32.7 Å². The first-order chi connectivity index (χ1) is 18.7. The van der Waals surface area contributed by atoms with Gasteiger partial charge in [-0.3, -0.25) is 9.69 Å². The third kappa shape index (κ3) is 7.88. The zero-order valence-electron chi connectivity index (χ0n) is 22.4. The van der Waals surface area contributed by atoms with Crippen LogP contribution in [0.4, 0.5) is 4.39 Å². The number of esters is 1. The molecule has 0 radical (unpaired) electrons. The Morgan fingerprint density at radius 1 is 0.974 bits per heavy atom. The summed E-state index contributed by atoms with van der Waals surface area (Å²) in [4.78, 5) is 15.4. The van der Waals surface area contributed by atoms with Crippen molar-refractivity contribution in [2.24, 2.45) is 0 Å². The molecule has 1 aliphatic rings. The summed E-state index contributed by atoms with van der Waals surface area (Å²) in [6, 6.07) is 19.9. The van der Waals surface area contributed by atoms with Crippen LogP contribution in [0.3, 0.4) is 0 Å². The van der Waals surface area contributed by atoms with Crippen molar-refractivity contribution in [3.63, 3.8) is 0 Å². The van der Waals surface area contributed by atoms with Crippen LogP contribution in [0.2, 0.25) is 0 Å². The van der Waals surface area contributed by atoms with Crippen LogP contribution in [0.5, 0.6) is 5.75 Å². The molecule has 1 heterocycles. The number of rotatable bonds is 9. The van der Waals surface area contributed by atoms with Gasteiger partial charge in [-0.15, -0.1) is 0 Å². The van der Waals surface area contributed by atoms with E-state index in [0.717, 1.165) is 23.1 Å². The largest absolute Gasteiger partial charge is 0.497 e. The summed E-state index contributed by atoms with van der Waals surface area (Å²) in [6.45, 7) is 3.66. The zero-order chi connectivity index (χ0) is 27.8. The molecular weight excluding hydrogens is 519 g/mol. The summed E-state index contributed by atoms with van der Waals surface area (Å²) in [5.41, 5.74) is 2.66. The van der Waals surface area contributed by atoms with Gasteiger partial charge in [-0.25, -0.2) is 12.8 Å². The molecule has 39 heavy (non-hydrogen) atoms. The number of ether oxygens (including phenoxy) is 2. The van der Waals surface area contributed by atoms with Gasteiger partial charge in [0.15, 0.2) is 0 Å². The predicted molar refractivity (Wildman–Crippen MR) is 147 cm³/mol. The van der Waals surface area contributed by atoms with Crippen molar-refractivity contribution in [1.82, 2.24) is 9.21 Å². The van der Waals surface area contributed by atoms with Gasteiger partial charge in [-0.2, -0.15) is 4.31 Å². The maximum Gasteiger partial charge on any atom is 0.307 e. The van der Waals surface area contributed by atoms with E-state index in [9.17, 15) is 17.6 Å². The number of methoxy groups -OCH3 is 1. The Morgan fingerprint density at radius 3 is 2.41 bits per heavy atom. The third-order valence-corrected chi connectivity index (χ3v) is 8.81. The number of hydrogen-bond acceptors (Lipinski definition) is 6. The molecule has 7 nitrogen and oxygen atoms in total. The van der Waals surface area contributed by atoms with E-state index < -0.39 is 22.0 Å². The standard InChI is InChI=1S/C30H35FN2O5S/c1-23-8-14-29(15-9-23)39(35,36)33-17-4-3-16-32(20-24-10-12-26(31)13-11-24)27(21-33)19-30(34)38-22-25-6-5-7-28(18-25)37-2/h5-15,18,27H,3-4,16-17,19-22H2,1-2H3. The molecule has 1 saturated heterocycles. The monoisotopic (exact) mass is 554 g/mol. The second-order valence-electron chi connectivity index (χ2n) is 9.85. The molecule has 0 aliphatic carbocycles. The third-order valence-electron chi connectivity index (χ3n) is 6.93. The van der Waals surface area contributed by atoms with Gasteiger partial charge in [0, 0.05) is 25.7 Å². The second kappa shape index (κ2) is 13.2. The average Bonchev–Trinajstić information content (AvgIpc) is 2.92. The Balaban J connectivity index is 1.54. The lowest BCUT2D eigenvalue weighted by molar-refractivity contribution is -0.146. The van der Waals surface area contributed by atoms with Crippen LogP contribution in [0.1, 0.15) is 36.0 Å². The molecule has 0 spiro atoms. The fourth-order valence-electron chi connectivity index (χ4n) is 4.71. The van der Waals surface area contributed by atoms with Crippen molar-refractivity contribution < 1.29 is 27.1 Å². The highest BCUT2D eigenvalue weighted by Gasteiger charge is 2.32. The fraction of sp³-hybridized carbons (Fsp3) is 0.367. The Hall–Kier alpha value is -3.27. The molecule has 4 rings (SSSR count). The van der Waals surface area contributed by atoms with Crippen LogP contribution in [0.15, 0.2) is 77.7 Å². The molecule has 9 heteroatoms. The number of aryl methyl sites for hydroxylation is 1. The van der Waals surface area contributed by atoms with E-state index in [1.54, 1.807) is 49.6 Å². The molecule has 1 fully saturated rings. The van der Waals surface area contributed by atoms with Gasteiger partial charge < -0.3 is 9.47 Å². The van der Waals surface area contributed by atoms with Crippen molar-refractivity contribution >= 4 is 16.0 Å². The molecule has 1 unspecified atom stereocenters. The number of carbonyl (C=O) groups excluding carboxylic acids is 1. The van der Waals surface area contributed by atoms with Crippen molar-refractivity contribution in [2.45, 2.75) is 50.3 Å². The summed E-state index contributed by atoms with van der Waals surface area (Å²) in [5, 5.41) is 0. The van der Waals surface area contributed by atoms with Gasteiger partial charge in [0.05, 0.1) is 18.4 Å². The van der Waals surface area contributed by atoms with Crippen LogP contribution in [-0.4, -0.2) is 56.4 Å². The van der Waals surface area contributed by atoms with E-state index in [-0.39, 0.29) is 30.3 Å². The number of benzene rings is 3. The molecule has 1 atom stereocenters. The summed E-state index contributed by atoms with van der Waals surface area (Å²) >= 11 is 0. The summed E-state index contributed by atoms with van der Waals surface area (Å²) in [5.74, 6) is -0.0642. The van der Waals surface area contributed by atoms with E-state index >= 15 is 0 Å². The van der Waals surface area contributed by atoms with Crippen molar-refractivity contribution in [3.05, 3.63) is 95.3 Å². The molecular formula is C30H35FN2O5S. The van der Waals surface area contributed by atoms with Crippen LogP contribution in [0, 0.1) is 12.7 Å². The number of hydrogen-bond donors (Lipinski definition) is 0. The Labute approximate surface area is 230 Å². The van der Waals surface area contributed by atoms with E-state index in [4.69, 9.17) is 9.47 Å². The Kier molecular flexibility index (Phi) is 9.72. The van der Waals surface area contributed by atoms with Crippen LogP contribution < -0.4 is 4.74 Å². The first-order valence-electron chi connectivity index (χ1n) is 13.1. The van der Waals surface area contributed by atoms with Gasteiger partial charge in [0.2, 0.25) is 10.0 Å². The number of nitrogens with zero attached hydrogens (tertiary/aromatic N) is 2. The number of halogens is 1. The maximum absolute atomic E-state index is 13.6. The van der Waals surface area contributed by atoms with Crippen LogP contribution >= 0.6 is 0 Å². The minimum atomic E-state index is -3.76. The van der Waals surface area contributed by atoms with Crippen molar-refractivity contribution in [3.8, 4) is 5.75 Å². The van der Waals surface area contributed by atoms with E-state index in [0.29, 0.717) is 31.8 Å². The number of carbonyl (C=O) groups is 1. The zero-order valence-corrected chi connectivity index (χ0v) is 23.2. The molecule has 3 aromatic rings. The van der Waals surface area contributed by atoms with Crippen LogP contribution in [0.25, 0.3) is 0 Å². The summed E-state index contributed by atoms with van der Waals surface area (Å²) < 4.78 is 53.0. The lowest BCUT2D eigenvalue weighted by atomic mass is 10.1. The smallest absolute Gasteiger partial charge is 0.307 e. The second-order valence-corrected chi connectivity index (χ2v) is 11.8. The van der Waals surface area contributed by atoms with E-state index in [1.807, 2.05) is 25.1 Å². The summed E-state index contributed by atoms with van der Waals surface area (Å²) in [6.07, 6.45) is 1.47. The fourth-order valence-corrected chi connectivity index (χ4v) is 6.22. The topological polar surface area (TPSA) is 76.1 Å². The van der Waals surface area contributed by atoms with E-state index in [2.05, 4.69) is 4.90 Å². The molecule has 0 bridgehead atoms. The highest BCUT2D eigenvalue weighted by Crippen LogP contribution is 2.24. The first-order valence-corrected chi connectivity index (χ1v) is 14.5. The highest BCUT2D eigenvalue weighted by atomic mass is 32.2. The normalized spacial score (nSPS) is 17.3. The minimum absolute atomic E-state index is 0.0189. The van der Waals surface area contributed by atoms with Gasteiger partial charge >= 0.3 is 5.97 Å². The lowest BCUT2D eigenvalue weighted by Gasteiger charge is -2.37. The molecule has 208 valence electrons. The molecule has 1 aliphatic heterocycles. The molecule has 0 aromatic heterocycles. The quantitative estimate of drug-likeness (QED) is 0.349.